The van der Waals surface area contributed by atoms with Crippen molar-refractivity contribution in [1.29, 1.82) is 0 Å². The molecular weight excluding hydrogens is 308 g/mol. The molecule has 0 atom stereocenters. The van der Waals surface area contributed by atoms with Crippen molar-refractivity contribution in [1.82, 2.24) is 9.80 Å². The van der Waals surface area contributed by atoms with Gasteiger partial charge in [0.1, 0.15) is 0 Å². The lowest BCUT2D eigenvalue weighted by Gasteiger charge is -2.16. The number of amides is 4. The van der Waals surface area contributed by atoms with Crippen LogP contribution in [0.3, 0.4) is 0 Å². The zero-order chi connectivity index (χ0) is 16.4. The van der Waals surface area contributed by atoms with Gasteiger partial charge < -0.3 is 0 Å². The first-order chi connectivity index (χ1) is 10.3. The number of hydrogen-bond acceptors (Lipinski definition) is 4. The molecule has 7 heteroatoms. The molecule has 6 nitrogen and oxygen atoms in total. The van der Waals surface area contributed by atoms with Crippen molar-refractivity contribution >= 4 is 35.2 Å². The van der Waals surface area contributed by atoms with E-state index in [0.29, 0.717) is 4.90 Å². The topological polar surface area (TPSA) is 74.8 Å². The van der Waals surface area contributed by atoms with E-state index in [1.165, 1.54) is 6.07 Å². The normalized spacial score (nSPS) is 15.2. The van der Waals surface area contributed by atoms with E-state index in [9.17, 15) is 19.2 Å². The van der Waals surface area contributed by atoms with Gasteiger partial charge >= 0.3 is 17.8 Å². The highest BCUT2D eigenvalue weighted by atomic mass is 35.5. The van der Waals surface area contributed by atoms with E-state index < -0.39 is 30.2 Å². The first-order valence-corrected chi connectivity index (χ1v) is 7.15. The number of nitrogens with zero attached hydrogens (tertiary/aromatic N) is 2. The summed E-state index contributed by atoms with van der Waals surface area (Å²) in [5.41, 5.74) is 0.208. The maximum atomic E-state index is 12.2. The van der Waals surface area contributed by atoms with Crippen LogP contribution in [0.15, 0.2) is 24.3 Å². The monoisotopic (exact) mass is 322 g/mol. The zero-order valence-electron chi connectivity index (χ0n) is 12.2. The summed E-state index contributed by atoms with van der Waals surface area (Å²) in [6.45, 7) is 3.28. The summed E-state index contributed by atoms with van der Waals surface area (Å²) < 4.78 is 0. The predicted molar refractivity (Wildman–Crippen MR) is 79.4 cm³/mol. The van der Waals surface area contributed by atoms with Gasteiger partial charge in [0, 0.05) is 12.1 Å². The molecule has 1 aliphatic rings. The van der Waals surface area contributed by atoms with Gasteiger partial charge in [-0.3, -0.25) is 19.3 Å². The highest BCUT2D eigenvalue weighted by Crippen LogP contribution is 2.19. The van der Waals surface area contributed by atoms with Crippen LogP contribution in [0.5, 0.6) is 0 Å². The second-order valence-corrected chi connectivity index (χ2v) is 5.79. The Morgan fingerprint density at radius 2 is 1.68 bits per heavy atom. The van der Waals surface area contributed by atoms with Crippen LogP contribution in [0.2, 0.25) is 5.02 Å². The Kier molecular flexibility index (Phi) is 4.61. The maximum absolute atomic E-state index is 12.2. The molecule has 2 rings (SSSR count). The molecule has 4 amide bonds. The molecule has 1 fully saturated rings. The maximum Gasteiger partial charge on any atom is 0.334 e. The van der Waals surface area contributed by atoms with Crippen LogP contribution in [-0.4, -0.2) is 46.5 Å². The first-order valence-electron chi connectivity index (χ1n) is 6.78. The molecule has 0 N–H and O–H groups in total. The van der Waals surface area contributed by atoms with Crippen LogP contribution >= 0.6 is 11.6 Å². The number of ketones is 1. The molecule has 1 saturated heterocycles. The Hall–Kier alpha value is -2.21. The summed E-state index contributed by atoms with van der Waals surface area (Å²) in [5, 5.41) is 0.233. The molecule has 1 aliphatic heterocycles. The van der Waals surface area contributed by atoms with Crippen molar-refractivity contribution in [3.05, 3.63) is 34.9 Å². The van der Waals surface area contributed by atoms with E-state index in [4.69, 9.17) is 11.6 Å². The molecule has 0 bridgehead atoms. The minimum atomic E-state index is -0.981. The third-order valence-electron chi connectivity index (χ3n) is 3.16. The van der Waals surface area contributed by atoms with Gasteiger partial charge in [-0.1, -0.05) is 37.6 Å². The number of carbonyl (C=O) groups is 4. The number of imide groups is 2. The van der Waals surface area contributed by atoms with Crippen LogP contribution in [0.1, 0.15) is 24.2 Å². The number of hydrogen-bond donors (Lipinski definition) is 0. The summed E-state index contributed by atoms with van der Waals surface area (Å²) in [6, 6.07) is 5.58. The quantitative estimate of drug-likeness (QED) is 0.472. The SMILES string of the molecule is CC(C)CN1C(=O)C(=O)N(CC(=O)c2ccccc2Cl)C1=O. The lowest BCUT2D eigenvalue weighted by atomic mass is 10.1. The van der Waals surface area contributed by atoms with E-state index >= 15 is 0 Å². The van der Waals surface area contributed by atoms with Gasteiger partial charge in [-0.2, -0.15) is 0 Å². The Balaban J connectivity index is 2.18. The van der Waals surface area contributed by atoms with Crippen LogP contribution in [0.4, 0.5) is 4.79 Å². The van der Waals surface area contributed by atoms with E-state index in [1.54, 1.807) is 18.2 Å². The lowest BCUT2D eigenvalue weighted by Crippen LogP contribution is -2.38. The smallest absolute Gasteiger partial charge is 0.292 e. The van der Waals surface area contributed by atoms with Gasteiger partial charge in [0.15, 0.2) is 5.78 Å². The van der Waals surface area contributed by atoms with Crippen LogP contribution in [0.25, 0.3) is 0 Å². The van der Waals surface area contributed by atoms with Crippen molar-refractivity contribution in [3.8, 4) is 0 Å². The minimum Gasteiger partial charge on any atom is -0.292 e. The number of carbonyl (C=O) groups excluding carboxylic acids is 4. The molecule has 1 heterocycles. The summed E-state index contributed by atoms with van der Waals surface area (Å²) in [5.74, 6) is -2.34. The third kappa shape index (κ3) is 3.01. The average Bonchev–Trinajstić information content (AvgIpc) is 2.65. The molecule has 0 aliphatic carbocycles. The number of benzene rings is 1. The van der Waals surface area contributed by atoms with E-state index in [0.717, 1.165) is 4.90 Å². The van der Waals surface area contributed by atoms with Gasteiger partial charge in [-0.25, -0.2) is 9.69 Å². The molecule has 0 saturated carbocycles. The molecule has 0 spiro atoms. The molecule has 0 aromatic heterocycles. The van der Waals surface area contributed by atoms with E-state index in [2.05, 4.69) is 0 Å². The highest BCUT2D eigenvalue weighted by Gasteiger charge is 2.45. The van der Waals surface area contributed by atoms with E-state index in [1.807, 2.05) is 13.8 Å². The molecule has 0 unspecified atom stereocenters. The largest absolute Gasteiger partial charge is 0.334 e. The van der Waals surface area contributed by atoms with Gasteiger partial charge in [0.2, 0.25) is 0 Å². The zero-order valence-corrected chi connectivity index (χ0v) is 13.0. The Labute approximate surface area is 132 Å². The molecule has 116 valence electrons. The van der Waals surface area contributed by atoms with Gasteiger partial charge in [-0.15, -0.1) is 0 Å². The highest BCUT2D eigenvalue weighted by molar-refractivity contribution is 6.45. The number of rotatable bonds is 5. The lowest BCUT2D eigenvalue weighted by molar-refractivity contribution is -0.143. The van der Waals surface area contributed by atoms with Crippen molar-refractivity contribution in [2.75, 3.05) is 13.1 Å². The summed E-state index contributed by atoms with van der Waals surface area (Å²) in [6.07, 6.45) is 0. The molecule has 1 aromatic rings. The number of urea groups is 1. The fourth-order valence-corrected chi connectivity index (χ4v) is 2.37. The Morgan fingerprint density at radius 1 is 1.09 bits per heavy atom. The molecular formula is C15H15ClN2O4. The van der Waals surface area contributed by atoms with Gasteiger partial charge in [0.25, 0.3) is 0 Å². The van der Waals surface area contributed by atoms with Crippen LogP contribution < -0.4 is 0 Å². The second kappa shape index (κ2) is 6.27. The van der Waals surface area contributed by atoms with Crippen LogP contribution in [-0.2, 0) is 9.59 Å². The summed E-state index contributed by atoms with van der Waals surface area (Å²) >= 11 is 5.92. The second-order valence-electron chi connectivity index (χ2n) is 5.39. The van der Waals surface area contributed by atoms with Crippen LogP contribution in [0, 0.1) is 5.92 Å². The summed E-state index contributed by atoms with van der Waals surface area (Å²) in [7, 11) is 0. The van der Waals surface area contributed by atoms with Gasteiger partial charge in [-0.05, 0) is 18.1 Å². The molecule has 22 heavy (non-hydrogen) atoms. The molecule has 0 radical (unpaired) electrons. The van der Waals surface area contributed by atoms with Crippen molar-refractivity contribution in [2.24, 2.45) is 5.92 Å². The van der Waals surface area contributed by atoms with E-state index in [-0.39, 0.29) is 23.0 Å². The van der Waals surface area contributed by atoms with Gasteiger partial charge in [0.05, 0.1) is 11.6 Å². The third-order valence-corrected chi connectivity index (χ3v) is 3.49. The fraction of sp³-hybridized carbons (Fsp3) is 0.333. The average molecular weight is 323 g/mol. The standard InChI is InChI=1S/C15H15ClN2O4/c1-9(2)7-17-13(20)14(21)18(15(17)22)8-12(19)10-5-3-4-6-11(10)16/h3-6,9H,7-8H2,1-2H3. The molecule has 1 aromatic carbocycles. The number of halogens is 1. The first kappa shape index (κ1) is 16.2. The minimum absolute atomic E-state index is 0.0277. The Bertz CT molecular complexity index is 657. The Morgan fingerprint density at radius 3 is 2.27 bits per heavy atom. The van der Waals surface area contributed by atoms with Crippen molar-refractivity contribution < 1.29 is 19.2 Å². The van der Waals surface area contributed by atoms with Crippen molar-refractivity contribution in [2.45, 2.75) is 13.8 Å². The number of Topliss-reactive ketones (excluding diaryl/α,β-unsaturated/α-hetero) is 1. The van der Waals surface area contributed by atoms with Crippen molar-refractivity contribution in [3.63, 3.8) is 0 Å². The predicted octanol–water partition coefficient (Wildman–Crippen LogP) is 1.97. The summed E-state index contributed by atoms with van der Waals surface area (Å²) in [4.78, 5) is 49.6. The fourth-order valence-electron chi connectivity index (χ4n) is 2.13.